The van der Waals surface area contributed by atoms with E-state index in [-0.39, 0.29) is 24.5 Å². The maximum Gasteiger partial charge on any atom is 0.242 e. The molecule has 149 valence electrons. The van der Waals surface area contributed by atoms with Crippen LogP contribution in [0.2, 0.25) is 0 Å². The zero-order valence-corrected chi connectivity index (χ0v) is 17.0. The van der Waals surface area contributed by atoms with E-state index in [0.29, 0.717) is 16.5 Å². The quantitative estimate of drug-likeness (QED) is 0.476. The van der Waals surface area contributed by atoms with Crippen LogP contribution in [0.3, 0.4) is 0 Å². The molecule has 2 rings (SSSR count). The van der Waals surface area contributed by atoms with Gasteiger partial charge in [0, 0.05) is 10.1 Å². The highest BCUT2D eigenvalue weighted by Gasteiger charge is 2.22. The molecule has 0 unspecified atom stereocenters. The number of aromatic hydroxyl groups is 1. The van der Waals surface area contributed by atoms with Gasteiger partial charge in [-0.05, 0) is 43.9 Å². The molecule has 0 aliphatic heterocycles. The molecule has 1 aromatic rings. The zero-order valence-electron chi connectivity index (χ0n) is 15.4. The first kappa shape index (κ1) is 21.8. The molecule has 1 aliphatic rings. The summed E-state index contributed by atoms with van der Waals surface area (Å²) < 4.78 is 0.680. The largest absolute Gasteiger partial charge is 0.508 e. The number of phenolic OH excluding ortho intramolecular Hbond substituents is 1. The Hall–Kier alpha value is -2.45. The summed E-state index contributed by atoms with van der Waals surface area (Å²) in [6.07, 6.45) is 6.43. The van der Waals surface area contributed by atoms with E-state index < -0.39 is 23.9 Å². The molecule has 2 amide bonds. The standard InChI is InChI=1S/C20H23BrN3O4/c1-12(19(27)23-11-18(26)15-4-2-3-5-16(15)21)24-20(28)17(22)10-13-6-8-14(25)9-7-13/h3-9,12,17,25H,2,10-11,22H2,1H3,(H,23,27)(H,24,28)/t12-,17+/m1/s1. The molecule has 5 N–H and O–H groups in total. The monoisotopic (exact) mass is 448 g/mol. The Kier molecular flexibility index (Phi) is 7.95. The summed E-state index contributed by atoms with van der Waals surface area (Å²) in [6, 6.07) is 4.70. The van der Waals surface area contributed by atoms with Crippen LogP contribution >= 0.6 is 15.9 Å². The fourth-order valence-electron chi connectivity index (χ4n) is 2.57. The van der Waals surface area contributed by atoms with E-state index in [2.05, 4.69) is 26.6 Å². The van der Waals surface area contributed by atoms with Crippen LogP contribution in [0.15, 0.2) is 46.5 Å². The number of hydrogen-bond acceptors (Lipinski definition) is 5. The number of rotatable bonds is 8. The first-order valence-corrected chi connectivity index (χ1v) is 9.61. The van der Waals surface area contributed by atoms with E-state index >= 15 is 0 Å². The first-order chi connectivity index (χ1) is 13.3. The van der Waals surface area contributed by atoms with Crippen molar-refractivity contribution in [2.24, 2.45) is 5.73 Å². The average molecular weight is 449 g/mol. The normalized spacial score (nSPS) is 15.7. The minimum Gasteiger partial charge on any atom is -0.508 e. The number of hydrogen-bond donors (Lipinski definition) is 4. The van der Waals surface area contributed by atoms with Crippen LogP contribution in [0.4, 0.5) is 0 Å². The number of nitrogens with one attached hydrogen (secondary N) is 2. The molecule has 1 aromatic carbocycles. The third-order valence-electron chi connectivity index (χ3n) is 4.18. The summed E-state index contributed by atoms with van der Waals surface area (Å²) in [4.78, 5) is 36.6. The summed E-state index contributed by atoms with van der Waals surface area (Å²) in [5.41, 5.74) is 7.20. The van der Waals surface area contributed by atoms with E-state index in [1.54, 1.807) is 24.6 Å². The van der Waals surface area contributed by atoms with Gasteiger partial charge in [0.25, 0.3) is 0 Å². The molecule has 0 saturated heterocycles. The summed E-state index contributed by atoms with van der Waals surface area (Å²) >= 11 is 3.31. The van der Waals surface area contributed by atoms with Crippen molar-refractivity contribution < 1.29 is 19.5 Å². The van der Waals surface area contributed by atoms with Crippen LogP contribution in [-0.4, -0.2) is 41.3 Å². The van der Waals surface area contributed by atoms with E-state index in [1.165, 1.54) is 19.1 Å². The van der Waals surface area contributed by atoms with Gasteiger partial charge in [-0.25, -0.2) is 0 Å². The van der Waals surface area contributed by atoms with Gasteiger partial charge in [-0.15, -0.1) is 0 Å². The molecule has 0 fully saturated rings. The SMILES string of the molecule is C[C@@H](NC(=O)[C@@H](N)Cc1ccc(O)cc1)C(=O)NCC(=O)C1=C(Br)C=CC[CH]1. The van der Waals surface area contributed by atoms with Crippen molar-refractivity contribution >= 4 is 33.5 Å². The van der Waals surface area contributed by atoms with Gasteiger partial charge in [0.15, 0.2) is 5.78 Å². The predicted octanol–water partition coefficient (Wildman–Crippen LogP) is 1.27. The van der Waals surface area contributed by atoms with E-state index in [1.807, 2.05) is 6.08 Å². The number of phenols is 1. The predicted molar refractivity (Wildman–Crippen MR) is 109 cm³/mol. The second-order valence-corrected chi connectivity index (χ2v) is 7.31. The molecule has 0 bridgehead atoms. The number of carbonyl (C=O) groups is 3. The number of allylic oxidation sites excluding steroid dienone is 3. The summed E-state index contributed by atoms with van der Waals surface area (Å²) in [5, 5.41) is 14.4. The Morgan fingerprint density at radius 1 is 1.21 bits per heavy atom. The van der Waals surface area contributed by atoms with Crippen LogP contribution in [-0.2, 0) is 20.8 Å². The molecule has 0 aromatic heterocycles. The number of ketones is 1. The lowest BCUT2D eigenvalue weighted by molar-refractivity contribution is -0.129. The van der Waals surface area contributed by atoms with Gasteiger partial charge >= 0.3 is 0 Å². The van der Waals surface area contributed by atoms with Crippen molar-refractivity contribution in [3.05, 3.63) is 58.5 Å². The summed E-state index contributed by atoms with van der Waals surface area (Å²) in [6.45, 7) is 1.36. The third-order valence-corrected chi connectivity index (χ3v) is 4.88. The molecule has 2 atom stereocenters. The molecule has 7 nitrogen and oxygen atoms in total. The van der Waals surface area contributed by atoms with E-state index in [9.17, 15) is 19.5 Å². The van der Waals surface area contributed by atoms with E-state index in [0.717, 1.165) is 5.56 Å². The highest BCUT2D eigenvalue weighted by molar-refractivity contribution is 9.12. The van der Waals surface area contributed by atoms with Crippen LogP contribution in [0.25, 0.3) is 0 Å². The maximum atomic E-state index is 12.2. The van der Waals surface area contributed by atoms with Crippen LogP contribution in [0.1, 0.15) is 18.9 Å². The Morgan fingerprint density at radius 2 is 1.89 bits per heavy atom. The van der Waals surface area contributed by atoms with Gasteiger partial charge in [-0.3, -0.25) is 14.4 Å². The molecule has 8 heteroatoms. The lowest BCUT2D eigenvalue weighted by atomic mass is 10.0. The Labute approximate surface area is 172 Å². The van der Waals surface area contributed by atoms with Gasteiger partial charge in [0.1, 0.15) is 11.8 Å². The van der Waals surface area contributed by atoms with Crippen LogP contribution in [0, 0.1) is 6.42 Å². The molecule has 1 radical (unpaired) electrons. The molecule has 28 heavy (non-hydrogen) atoms. The van der Waals surface area contributed by atoms with Gasteiger partial charge < -0.3 is 21.5 Å². The first-order valence-electron chi connectivity index (χ1n) is 8.82. The smallest absolute Gasteiger partial charge is 0.242 e. The van der Waals surface area contributed by atoms with Crippen molar-refractivity contribution in [2.75, 3.05) is 6.54 Å². The highest BCUT2D eigenvalue weighted by atomic mass is 79.9. The number of nitrogens with two attached hydrogens (primary N) is 1. The topological polar surface area (TPSA) is 122 Å². The van der Waals surface area contributed by atoms with Crippen molar-refractivity contribution in [3.8, 4) is 5.75 Å². The highest BCUT2D eigenvalue weighted by Crippen LogP contribution is 2.23. The second-order valence-electron chi connectivity index (χ2n) is 6.45. The number of halogens is 1. The fourth-order valence-corrected chi connectivity index (χ4v) is 3.14. The number of benzene rings is 1. The van der Waals surface area contributed by atoms with Crippen molar-refractivity contribution in [1.82, 2.24) is 10.6 Å². The van der Waals surface area contributed by atoms with Crippen LogP contribution in [0.5, 0.6) is 5.75 Å². The molecular formula is C20H23BrN3O4. The Bertz CT molecular complexity index is 802. The minimum absolute atomic E-state index is 0.131. The third kappa shape index (κ3) is 6.31. The van der Waals surface area contributed by atoms with E-state index in [4.69, 9.17) is 5.73 Å². The lowest BCUT2D eigenvalue weighted by Gasteiger charge is -2.18. The van der Waals surface area contributed by atoms with Crippen molar-refractivity contribution in [3.63, 3.8) is 0 Å². The molecule has 0 spiro atoms. The molecular weight excluding hydrogens is 426 g/mol. The Balaban J connectivity index is 1.80. The molecule has 0 saturated carbocycles. The van der Waals surface area contributed by atoms with Crippen LogP contribution < -0.4 is 16.4 Å². The minimum atomic E-state index is -0.842. The van der Waals surface area contributed by atoms with Gasteiger partial charge in [0.05, 0.1) is 12.6 Å². The number of carbonyl (C=O) groups excluding carboxylic acids is 3. The van der Waals surface area contributed by atoms with Gasteiger partial charge in [-0.1, -0.05) is 40.2 Å². The van der Waals surface area contributed by atoms with Crippen molar-refractivity contribution in [2.45, 2.75) is 31.8 Å². The van der Waals surface area contributed by atoms with Gasteiger partial charge in [-0.2, -0.15) is 0 Å². The molecule has 0 heterocycles. The summed E-state index contributed by atoms with van der Waals surface area (Å²) in [5.74, 6) is -1.03. The average Bonchev–Trinajstić information content (AvgIpc) is 2.67. The Morgan fingerprint density at radius 3 is 2.54 bits per heavy atom. The fraction of sp³-hybridized carbons (Fsp3) is 0.300. The van der Waals surface area contributed by atoms with Gasteiger partial charge in [0.2, 0.25) is 11.8 Å². The second kappa shape index (κ2) is 10.2. The molecule has 1 aliphatic carbocycles. The maximum absolute atomic E-state index is 12.2. The van der Waals surface area contributed by atoms with Crippen molar-refractivity contribution in [1.29, 1.82) is 0 Å². The lowest BCUT2D eigenvalue weighted by Crippen LogP contribution is -2.51. The number of amides is 2. The summed E-state index contributed by atoms with van der Waals surface area (Å²) in [7, 11) is 0. The zero-order chi connectivity index (χ0) is 20.7. The number of Topliss-reactive ketones (excluding diaryl/α,β-unsaturated/α-hetero) is 1.